The molecule has 710 valence electrons. The molecule has 4 aromatic heterocycles. The van der Waals surface area contributed by atoms with E-state index in [2.05, 4.69) is 232 Å². The molecule has 7 N–H and O–H groups in total. The maximum absolute atomic E-state index is 11.0. The zero-order valence-electron chi connectivity index (χ0n) is 79.3. The Kier molecular flexibility index (Phi) is 45.9. The van der Waals surface area contributed by atoms with Gasteiger partial charge in [0.2, 0.25) is 5.69 Å². The molecule has 20 heteroatoms. The van der Waals surface area contributed by atoms with Crippen LogP contribution in [0.2, 0.25) is 0 Å². The van der Waals surface area contributed by atoms with E-state index in [0.29, 0.717) is 0 Å². The van der Waals surface area contributed by atoms with Gasteiger partial charge < -0.3 is 42.0 Å². The fraction of sp³-hybridized carbons (Fsp3) is 0.144. The molecule has 4 radical (unpaired) electrons. The molecule has 1 aliphatic heterocycles. The molecule has 138 heavy (non-hydrogen) atoms. The SMILES string of the molecule is CC(=O)C=C(C)O.CC(=O)C=C(C)O.CC(=O)C=C(C)O.CC(C)C(=O)C=C(O)C(C)C.Cc1[c-]c(-c2ccc3ccccc3n2)cc(C)c1.Cc1cc2ccccc2nc1-c1[c-]cccc1.Cc1cnc2c3[c-]cc(-c4ccccc4)cc3c3cc(-c4ccccc4)ccc3c2n1.Nc1[c-]ccc2ccccc12.[Ir].[Ir].[Ir].[Ir].[N-]=C1C=CC=CC1=N.c1ccc2c(c1)C[n+]1ccc3ccccc3c1-2. The molecule has 0 amide bonds. The molecular formula is C118H110Ir4N8O8-4. The van der Waals surface area contributed by atoms with Gasteiger partial charge in [-0.05, 0) is 130 Å². The van der Waals surface area contributed by atoms with Gasteiger partial charge in [0.1, 0.15) is 0 Å². The molecule has 5 heterocycles. The zero-order chi connectivity index (χ0) is 96.5. The van der Waals surface area contributed by atoms with Crippen LogP contribution in [0.1, 0.15) is 97.2 Å². The molecule has 16 nitrogen and oxygen atoms in total. The van der Waals surface area contributed by atoms with E-state index in [0.717, 1.165) is 95.2 Å². The number of aromatic nitrogens is 5. The summed E-state index contributed by atoms with van der Waals surface area (Å²) in [6, 6.07) is 111. The summed E-state index contributed by atoms with van der Waals surface area (Å²) < 4.78 is 2.34. The van der Waals surface area contributed by atoms with E-state index in [1.165, 1.54) is 155 Å². The summed E-state index contributed by atoms with van der Waals surface area (Å²) >= 11 is 0. The Morgan fingerprint density at radius 2 is 1.01 bits per heavy atom. The topological polar surface area (TPSA) is 277 Å². The number of rotatable bonds is 10. The van der Waals surface area contributed by atoms with Crippen molar-refractivity contribution in [3.8, 4) is 56.0 Å². The minimum Gasteiger partial charge on any atom is -0.802 e. The number of carbonyl (C=O) groups is 4. The van der Waals surface area contributed by atoms with Gasteiger partial charge in [0.05, 0.1) is 56.2 Å². The first-order chi connectivity index (χ1) is 64.3. The zero-order valence-corrected chi connectivity index (χ0v) is 88.9. The average molecular weight is 2540 g/mol. The maximum atomic E-state index is 11.0. The van der Waals surface area contributed by atoms with Crippen molar-refractivity contribution < 1.29 is 125 Å². The van der Waals surface area contributed by atoms with Crippen molar-refractivity contribution >= 4 is 116 Å². The second-order valence-electron chi connectivity index (χ2n) is 32.6. The number of para-hydroxylation sites is 2. The van der Waals surface area contributed by atoms with Gasteiger partial charge in [-0.25, -0.2) is 0 Å². The molecule has 17 aromatic rings. The smallest absolute Gasteiger partial charge is 0.221 e. The van der Waals surface area contributed by atoms with Gasteiger partial charge >= 0.3 is 0 Å². The Labute approximate surface area is 862 Å². The molecule has 0 unspecified atom stereocenters. The first kappa shape index (κ1) is 113. The van der Waals surface area contributed by atoms with Crippen molar-refractivity contribution in [2.45, 2.75) is 103 Å². The second kappa shape index (κ2) is 56.1. The van der Waals surface area contributed by atoms with Crippen LogP contribution in [0, 0.1) is 69.2 Å². The molecule has 0 saturated carbocycles. The van der Waals surface area contributed by atoms with Crippen molar-refractivity contribution in [3.05, 3.63) is 427 Å². The van der Waals surface area contributed by atoms with Crippen LogP contribution < -0.4 is 10.3 Å². The molecule has 13 aromatic carbocycles. The van der Waals surface area contributed by atoms with E-state index in [1.807, 2.05) is 150 Å². The normalized spacial score (nSPS) is 11.4. The van der Waals surface area contributed by atoms with Crippen LogP contribution in [0.5, 0.6) is 0 Å². The summed E-state index contributed by atoms with van der Waals surface area (Å²) in [5, 5.41) is 61.7. The quantitative estimate of drug-likeness (QED) is 0.0142. The van der Waals surface area contributed by atoms with Crippen LogP contribution >= 0.6 is 0 Å². The summed E-state index contributed by atoms with van der Waals surface area (Å²) in [4.78, 5) is 60.1. The molecule has 19 rings (SSSR count). The standard InChI is InChI=1S/C29H19N2.C17H14N.2C16H12N.C10H8N.C9H16O2.C6H5N2.3C5H8O2.4Ir/c1-19-18-30-28-24-14-12-22(20-8-4-2-5-9-20)16-26(24)27-17-23(21-10-6-3-7-11-21)13-15-25(27)29(28)31-19;1-12-9-13(2)11-15(10-12)17-8-7-14-5-3-4-6-16(14)18-17;1-3-7-14-12(5-1)9-10-17-11-13-6-2-4-8-15(13)16(14)17;1-12-11-14-9-5-6-10-15(14)17-16(12)13-7-3-2-4-8-13;11-10-7-3-5-8-4-1-2-6-9(8)10;1-6(2)8(10)5-9(11)7(3)4;7-5-3-1-2-4-6(5)8;3*1-4(6)3-5(2)7;;;;/h2-13,15-18H,1H3;3-10H,1-2H3;1-10H,11H2;2-7,9-11H,1H3;1-6H,11H2;5-7,10H,1-4H3;1-4,7H;3*3,6H,1-2H3;;;;/q2*-1;+1;2*-1;;-1;;;;;;;. The second-order valence-corrected chi connectivity index (χ2v) is 32.6. The fourth-order valence-corrected chi connectivity index (χ4v) is 14.4. The number of nitrogens with two attached hydrogens (primary N) is 1. The number of nitrogens with one attached hydrogen (secondary N) is 1. The number of allylic oxidation sites excluding steroid dienone is 12. The molecule has 0 saturated heterocycles. The van der Waals surface area contributed by atoms with Crippen molar-refractivity contribution in [3.63, 3.8) is 0 Å². The number of hydrogen-bond acceptors (Lipinski definition) is 14. The predicted molar refractivity (Wildman–Crippen MR) is 552 cm³/mol. The largest absolute Gasteiger partial charge is 0.802 e. The number of fused-ring (bicyclic) bond motifs is 14. The molecule has 1 aliphatic carbocycles. The number of ketones is 4. The number of pyridine rings is 3. The van der Waals surface area contributed by atoms with Gasteiger partial charge in [0, 0.05) is 146 Å². The Morgan fingerprint density at radius 1 is 0.464 bits per heavy atom. The minimum absolute atomic E-state index is 0. The number of nitrogen functional groups attached to an aromatic ring is 1. The summed E-state index contributed by atoms with van der Waals surface area (Å²) in [6.07, 6.45) is 15.3. The Hall–Kier alpha value is -13.7. The van der Waals surface area contributed by atoms with E-state index in [1.54, 1.807) is 12.2 Å². The number of nitrogens with zero attached hydrogens (tertiary/aromatic N) is 6. The molecule has 0 atom stereocenters. The fourth-order valence-electron chi connectivity index (χ4n) is 14.4. The number of aliphatic hydroxyl groups excluding tert-OH is 4. The molecule has 0 fully saturated rings. The number of anilines is 1. The van der Waals surface area contributed by atoms with Crippen LogP contribution in [0.25, 0.3) is 137 Å². The van der Waals surface area contributed by atoms with E-state index < -0.39 is 0 Å². The molecular weight excluding hydrogens is 2430 g/mol. The summed E-state index contributed by atoms with van der Waals surface area (Å²) in [5.74, 6) is -0.0269. The summed E-state index contributed by atoms with van der Waals surface area (Å²) in [5.41, 5.74) is 28.1. The first-order valence-corrected chi connectivity index (χ1v) is 43.9. The number of benzene rings is 13. The Morgan fingerprint density at radius 3 is 1.57 bits per heavy atom. The summed E-state index contributed by atoms with van der Waals surface area (Å²) in [6.45, 7) is 25.1. The Bertz CT molecular complexity index is 7170. The first-order valence-electron chi connectivity index (χ1n) is 43.9. The van der Waals surface area contributed by atoms with E-state index in [4.69, 9.17) is 51.8 Å². The average Bonchev–Trinajstić information content (AvgIpc) is 0.880. The molecule has 2 aliphatic rings. The third-order valence-corrected chi connectivity index (χ3v) is 20.6. The van der Waals surface area contributed by atoms with E-state index in [-0.39, 0.29) is 150 Å². The predicted octanol–water partition coefficient (Wildman–Crippen LogP) is 27.6. The monoisotopic (exact) mass is 2540 g/mol. The van der Waals surface area contributed by atoms with Gasteiger partial charge in [-0.15, -0.1) is 117 Å². The number of hydrogen-bond donors (Lipinski definition) is 6. The van der Waals surface area contributed by atoms with Crippen molar-refractivity contribution in [2.75, 3.05) is 5.73 Å². The maximum Gasteiger partial charge on any atom is 0.221 e. The van der Waals surface area contributed by atoms with Gasteiger partial charge in [0.15, 0.2) is 35.9 Å². The van der Waals surface area contributed by atoms with Crippen LogP contribution in [0.15, 0.2) is 369 Å². The van der Waals surface area contributed by atoms with Gasteiger partial charge in [-0.3, -0.25) is 34.1 Å². The van der Waals surface area contributed by atoms with Crippen LogP contribution in [0.3, 0.4) is 0 Å². The van der Waals surface area contributed by atoms with Crippen molar-refractivity contribution in [1.29, 1.82) is 5.41 Å². The van der Waals surface area contributed by atoms with Crippen LogP contribution in [-0.4, -0.2) is 74.9 Å². The third-order valence-electron chi connectivity index (χ3n) is 20.6. The van der Waals surface area contributed by atoms with E-state index >= 15 is 0 Å². The van der Waals surface area contributed by atoms with Gasteiger partial charge in [-0.1, -0.05) is 281 Å². The van der Waals surface area contributed by atoms with Gasteiger partial charge in [0.25, 0.3) is 0 Å². The number of aryl methyl sites for hydroxylation is 4. The minimum atomic E-state index is -0.125. The molecule has 0 spiro atoms. The Balaban J connectivity index is 0.000000245. The molecule has 0 bridgehead atoms. The van der Waals surface area contributed by atoms with E-state index in [9.17, 15) is 24.3 Å². The van der Waals surface area contributed by atoms with Crippen LogP contribution in [0.4, 0.5) is 5.69 Å². The number of carbonyl (C=O) groups excluding carboxylic acids is 4. The van der Waals surface area contributed by atoms with Crippen molar-refractivity contribution in [2.24, 2.45) is 11.8 Å². The van der Waals surface area contributed by atoms with Crippen LogP contribution in [-0.2, 0) is 106 Å². The van der Waals surface area contributed by atoms with Crippen molar-refractivity contribution in [1.82, 2.24) is 19.9 Å². The number of aliphatic hydroxyl groups is 4. The summed E-state index contributed by atoms with van der Waals surface area (Å²) in [7, 11) is 0. The third kappa shape index (κ3) is 33.6. The van der Waals surface area contributed by atoms with Gasteiger partial charge in [-0.2, -0.15) is 22.8 Å².